The van der Waals surface area contributed by atoms with Crippen molar-refractivity contribution in [3.8, 4) is 0 Å². The van der Waals surface area contributed by atoms with Crippen molar-refractivity contribution in [2.45, 2.75) is 57.4 Å². The number of hydrogen-bond donors (Lipinski definition) is 1. The van der Waals surface area contributed by atoms with E-state index in [4.69, 9.17) is 5.73 Å². The molecule has 1 aliphatic rings. The number of benzene rings is 1. The molecule has 3 heteroatoms. The van der Waals surface area contributed by atoms with Crippen molar-refractivity contribution in [2.75, 3.05) is 0 Å². The summed E-state index contributed by atoms with van der Waals surface area (Å²) in [5, 5.41) is 0. The Labute approximate surface area is 114 Å². The first kappa shape index (κ1) is 14.4. The molecule has 2 N–H and O–H groups in total. The summed E-state index contributed by atoms with van der Waals surface area (Å²) < 4.78 is 26.4. The lowest BCUT2D eigenvalue weighted by atomic mass is 9.73. The summed E-state index contributed by atoms with van der Waals surface area (Å²) in [6.07, 6.45) is 7.25. The number of nitrogens with two attached hydrogens (primary N) is 1. The summed E-state index contributed by atoms with van der Waals surface area (Å²) >= 11 is 0. The van der Waals surface area contributed by atoms with Crippen LogP contribution in [0.3, 0.4) is 0 Å². The monoisotopic (exact) mass is 267 g/mol. The molecule has 0 aromatic heterocycles. The Morgan fingerprint density at radius 3 is 2.26 bits per heavy atom. The van der Waals surface area contributed by atoms with Crippen molar-refractivity contribution in [2.24, 2.45) is 11.7 Å². The predicted octanol–water partition coefficient (Wildman–Crippen LogP) is 4.20. The fourth-order valence-corrected chi connectivity index (χ4v) is 3.25. The van der Waals surface area contributed by atoms with Gasteiger partial charge >= 0.3 is 0 Å². The molecule has 0 aliphatic heterocycles. The van der Waals surface area contributed by atoms with Crippen LogP contribution in [0.25, 0.3) is 0 Å². The Hall–Kier alpha value is -0.960. The number of hydrogen-bond acceptors (Lipinski definition) is 1. The second-order valence-corrected chi connectivity index (χ2v) is 6.05. The van der Waals surface area contributed by atoms with E-state index in [0.717, 1.165) is 37.7 Å². The highest BCUT2D eigenvalue weighted by Gasteiger charge is 2.31. The van der Waals surface area contributed by atoms with Gasteiger partial charge < -0.3 is 5.73 Å². The predicted molar refractivity (Wildman–Crippen MR) is 73.8 cm³/mol. The van der Waals surface area contributed by atoms with Crippen LogP contribution in [0.4, 0.5) is 8.78 Å². The van der Waals surface area contributed by atoms with Crippen LogP contribution in [0.5, 0.6) is 0 Å². The van der Waals surface area contributed by atoms with Gasteiger partial charge in [0.1, 0.15) is 11.6 Å². The van der Waals surface area contributed by atoms with E-state index >= 15 is 0 Å². The molecule has 0 bridgehead atoms. The Balaban J connectivity index is 1.98. The van der Waals surface area contributed by atoms with Gasteiger partial charge in [0.05, 0.1) is 0 Å². The quantitative estimate of drug-likeness (QED) is 0.869. The van der Waals surface area contributed by atoms with Crippen LogP contribution in [0.2, 0.25) is 0 Å². The van der Waals surface area contributed by atoms with Crippen molar-refractivity contribution in [3.05, 3.63) is 35.4 Å². The molecule has 0 spiro atoms. The van der Waals surface area contributed by atoms with Crippen LogP contribution in [0.1, 0.15) is 51.0 Å². The van der Waals surface area contributed by atoms with E-state index in [9.17, 15) is 8.78 Å². The molecular formula is C16H23F2N. The molecule has 0 radical (unpaired) electrons. The Morgan fingerprint density at radius 1 is 1.16 bits per heavy atom. The molecule has 2 rings (SSSR count). The zero-order chi connectivity index (χ0) is 13.9. The van der Waals surface area contributed by atoms with Gasteiger partial charge in [-0.05, 0) is 55.7 Å². The van der Waals surface area contributed by atoms with Gasteiger partial charge in [0.15, 0.2) is 0 Å². The second-order valence-electron chi connectivity index (χ2n) is 6.05. The molecule has 1 aromatic rings. The molecule has 1 aliphatic carbocycles. The van der Waals surface area contributed by atoms with Crippen molar-refractivity contribution in [1.82, 2.24) is 0 Å². The molecule has 19 heavy (non-hydrogen) atoms. The first-order valence-electron chi connectivity index (χ1n) is 7.24. The highest BCUT2D eigenvalue weighted by molar-refractivity contribution is 5.20. The van der Waals surface area contributed by atoms with Crippen molar-refractivity contribution in [3.63, 3.8) is 0 Å². The summed E-state index contributed by atoms with van der Waals surface area (Å²) in [7, 11) is 0. The summed E-state index contributed by atoms with van der Waals surface area (Å²) in [6, 6.07) is 3.70. The van der Waals surface area contributed by atoms with Crippen LogP contribution in [0.15, 0.2) is 18.2 Å². The van der Waals surface area contributed by atoms with E-state index in [-0.39, 0.29) is 5.54 Å². The third kappa shape index (κ3) is 4.00. The third-order valence-corrected chi connectivity index (χ3v) is 4.28. The van der Waals surface area contributed by atoms with Gasteiger partial charge in [-0.25, -0.2) is 8.78 Å². The minimum Gasteiger partial charge on any atom is -0.325 e. The van der Waals surface area contributed by atoms with E-state index < -0.39 is 11.6 Å². The maximum absolute atomic E-state index is 13.2. The van der Waals surface area contributed by atoms with Gasteiger partial charge in [-0.1, -0.05) is 19.8 Å². The van der Waals surface area contributed by atoms with Crippen molar-refractivity contribution >= 4 is 0 Å². The average molecular weight is 267 g/mol. The van der Waals surface area contributed by atoms with Gasteiger partial charge in [0.25, 0.3) is 0 Å². The molecule has 1 fully saturated rings. The zero-order valence-corrected chi connectivity index (χ0v) is 11.6. The lowest BCUT2D eigenvalue weighted by molar-refractivity contribution is 0.223. The number of halogens is 2. The summed E-state index contributed by atoms with van der Waals surface area (Å²) in [6.45, 7) is 2.21. The second kappa shape index (κ2) is 6.00. The van der Waals surface area contributed by atoms with Crippen LogP contribution in [0, 0.1) is 17.6 Å². The zero-order valence-electron chi connectivity index (χ0n) is 11.6. The lowest BCUT2D eigenvalue weighted by Crippen LogP contribution is -2.45. The standard InChI is InChI=1S/C16H23F2N/c1-2-3-12-4-6-16(19,7-5-12)11-13-8-14(17)10-15(18)9-13/h8-10,12H,2-7,11,19H2,1H3. The Morgan fingerprint density at radius 2 is 1.74 bits per heavy atom. The molecule has 1 nitrogen and oxygen atoms in total. The van der Waals surface area contributed by atoms with Crippen molar-refractivity contribution < 1.29 is 8.78 Å². The van der Waals surface area contributed by atoms with Crippen LogP contribution < -0.4 is 5.73 Å². The third-order valence-electron chi connectivity index (χ3n) is 4.28. The van der Waals surface area contributed by atoms with Crippen LogP contribution in [-0.2, 0) is 6.42 Å². The molecule has 106 valence electrons. The van der Waals surface area contributed by atoms with E-state index in [2.05, 4.69) is 6.92 Å². The maximum Gasteiger partial charge on any atom is 0.126 e. The Bertz CT molecular complexity index is 403. The van der Waals surface area contributed by atoms with Crippen LogP contribution in [-0.4, -0.2) is 5.54 Å². The van der Waals surface area contributed by atoms with E-state index in [1.807, 2.05) is 0 Å². The smallest absolute Gasteiger partial charge is 0.126 e. The molecule has 0 amide bonds. The highest BCUT2D eigenvalue weighted by Crippen LogP contribution is 2.35. The normalized spacial score (nSPS) is 27.5. The lowest BCUT2D eigenvalue weighted by Gasteiger charge is -2.37. The van der Waals surface area contributed by atoms with Gasteiger partial charge in [-0.15, -0.1) is 0 Å². The highest BCUT2D eigenvalue weighted by atomic mass is 19.1. The SMILES string of the molecule is CCCC1CCC(N)(Cc2cc(F)cc(F)c2)CC1. The minimum atomic E-state index is -0.515. The summed E-state index contributed by atoms with van der Waals surface area (Å²) in [4.78, 5) is 0. The molecule has 0 atom stereocenters. The van der Waals surface area contributed by atoms with E-state index in [1.165, 1.54) is 25.0 Å². The fraction of sp³-hybridized carbons (Fsp3) is 0.625. The van der Waals surface area contributed by atoms with E-state index in [0.29, 0.717) is 12.0 Å². The minimum absolute atomic E-state index is 0.287. The van der Waals surface area contributed by atoms with Crippen LogP contribution >= 0.6 is 0 Å². The molecular weight excluding hydrogens is 244 g/mol. The Kier molecular flexibility index (Phi) is 4.56. The van der Waals surface area contributed by atoms with Gasteiger partial charge in [-0.2, -0.15) is 0 Å². The van der Waals surface area contributed by atoms with Gasteiger partial charge in [0, 0.05) is 11.6 Å². The number of rotatable bonds is 4. The fourth-order valence-electron chi connectivity index (χ4n) is 3.25. The molecule has 0 saturated heterocycles. The largest absolute Gasteiger partial charge is 0.325 e. The van der Waals surface area contributed by atoms with E-state index in [1.54, 1.807) is 0 Å². The molecule has 1 aromatic carbocycles. The molecule has 1 saturated carbocycles. The topological polar surface area (TPSA) is 26.0 Å². The van der Waals surface area contributed by atoms with Gasteiger partial charge in [-0.3, -0.25) is 0 Å². The molecule has 0 heterocycles. The van der Waals surface area contributed by atoms with Crippen molar-refractivity contribution in [1.29, 1.82) is 0 Å². The first-order valence-corrected chi connectivity index (χ1v) is 7.24. The average Bonchev–Trinajstić information content (AvgIpc) is 2.31. The first-order chi connectivity index (χ1) is 9.00. The van der Waals surface area contributed by atoms with Gasteiger partial charge in [0.2, 0.25) is 0 Å². The molecule has 0 unspecified atom stereocenters. The maximum atomic E-state index is 13.2. The summed E-state index contributed by atoms with van der Waals surface area (Å²) in [5.74, 6) is -0.248. The summed E-state index contributed by atoms with van der Waals surface area (Å²) in [5.41, 5.74) is 6.79.